The Labute approximate surface area is 108 Å². The molecule has 0 saturated carbocycles. The Kier molecular flexibility index (Phi) is 3.84. The van der Waals surface area contributed by atoms with Gasteiger partial charge in [-0.25, -0.2) is 0 Å². The maximum Gasteiger partial charge on any atom is 0.162 e. The Morgan fingerprint density at radius 3 is 3.00 bits per heavy atom. The lowest BCUT2D eigenvalue weighted by Gasteiger charge is -2.09. The molecule has 5 heteroatoms. The van der Waals surface area contributed by atoms with Crippen molar-refractivity contribution in [1.82, 2.24) is 0 Å². The third-order valence-electron chi connectivity index (χ3n) is 2.79. The van der Waals surface area contributed by atoms with Crippen molar-refractivity contribution < 1.29 is 9.00 Å². The van der Waals surface area contributed by atoms with Crippen LogP contribution in [0.2, 0.25) is 0 Å². The molecule has 1 unspecified atom stereocenters. The minimum Gasteiger partial charge on any atom is -0.361 e. The van der Waals surface area contributed by atoms with Gasteiger partial charge in [-0.1, -0.05) is 0 Å². The summed E-state index contributed by atoms with van der Waals surface area (Å²) in [5, 5.41) is 0. The van der Waals surface area contributed by atoms with Crippen LogP contribution >= 0.6 is 11.6 Å². The molecule has 1 atom stereocenters. The fourth-order valence-electron chi connectivity index (χ4n) is 1.87. The van der Waals surface area contributed by atoms with Gasteiger partial charge in [-0.2, -0.15) is 0 Å². The number of benzene rings is 1. The monoisotopic (exact) mass is 271 g/mol. The first kappa shape index (κ1) is 12.6. The van der Waals surface area contributed by atoms with E-state index in [9.17, 15) is 9.00 Å². The van der Waals surface area contributed by atoms with Crippen molar-refractivity contribution in [2.45, 2.75) is 17.7 Å². The molecule has 0 saturated heterocycles. The second-order valence-corrected chi connectivity index (χ2v) is 5.84. The van der Waals surface area contributed by atoms with Gasteiger partial charge in [-0.3, -0.25) is 9.00 Å². The summed E-state index contributed by atoms with van der Waals surface area (Å²) in [5.41, 5.74) is 1.59. The quantitative estimate of drug-likeness (QED) is 0.623. The second-order valence-electron chi connectivity index (χ2n) is 4.07. The normalized spacial score (nSPS) is 18.2. The van der Waals surface area contributed by atoms with E-state index in [2.05, 4.69) is 0 Å². The highest BCUT2D eigenvalue weighted by Gasteiger charge is 2.23. The molecule has 17 heavy (non-hydrogen) atoms. The molecule has 0 fully saturated rings. The Balaban J connectivity index is 2.25. The van der Waals surface area contributed by atoms with Gasteiger partial charge in [0.05, 0.1) is 27.3 Å². The third-order valence-corrected chi connectivity index (χ3v) is 4.49. The molecule has 0 N–H and O–H groups in total. The lowest BCUT2D eigenvalue weighted by molar-refractivity contribution is 0.0982. The van der Waals surface area contributed by atoms with Crippen LogP contribution in [0.3, 0.4) is 0 Å². The lowest BCUT2D eigenvalue weighted by atomic mass is 10.1. The van der Waals surface area contributed by atoms with E-state index in [0.717, 1.165) is 10.6 Å². The van der Waals surface area contributed by atoms with Crippen LogP contribution in [0.4, 0.5) is 5.69 Å². The number of nitrogens with zero attached hydrogens (tertiary/aromatic N) is 1. The fourth-order valence-corrected chi connectivity index (χ4v) is 3.35. The summed E-state index contributed by atoms with van der Waals surface area (Å²) >= 11 is 5.56. The Morgan fingerprint density at radius 2 is 2.29 bits per heavy atom. The molecule has 1 aromatic carbocycles. The van der Waals surface area contributed by atoms with Crippen LogP contribution in [0.5, 0.6) is 0 Å². The minimum absolute atomic E-state index is 0.0694. The van der Waals surface area contributed by atoms with Crippen LogP contribution in [0.25, 0.3) is 0 Å². The predicted molar refractivity (Wildman–Crippen MR) is 70.4 cm³/mol. The van der Waals surface area contributed by atoms with Crippen LogP contribution in [0, 0.1) is 0 Å². The number of carbonyl (C=O) groups is 1. The molecule has 2 rings (SSSR count). The molecular weight excluding hydrogens is 258 g/mol. The molecule has 1 aliphatic heterocycles. The zero-order valence-electron chi connectivity index (χ0n) is 9.61. The van der Waals surface area contributed by atoms with Gasteiger partial charge in [-0.05, 0) is 24.6 Å². The first-order valence-electron chi connectivity index (χ1n) is 5.46. The maximum absolute atomic E-state index is 11.8. The van der Waals surface area contributed by atoms with Crippen molar-refractivity contribution in [3.63, 3.8) is 0 Å². The highest BCUT2D eigenvalue weighted by Crippen LogP contribution is 2.31. The van der Waals surface area contributed by atoms with E-state index >= 15 is 0 Å². The average molecular weight is 272 g/mol. The predicted octanol–water partition coefficient (Wildman–Crippen LogP) is 2.40. The fraction of sp³-hybridized carbons (Fsp3) is 0.417. The summed E-state index contributed by atoms with van der Waals surface area (Å²) < 4.78 is 11.8. The van der Waals surface area contributed by atoms with Crippen molar-refractivity contribution in [2.24, 2.45) is 0 Å². The van der Waals surface area contributed by atoms with E-state index < -0.39 is 10.8 Å². The first-order valence-corrected chi connectivity index (χ1v) is 7.31. The van der Waals surface area contributed by atoms with E-state index in [-0.39, 0.29) is 5.78 Å². The molecular formula is C12H14ClNO2S. The maximum atomic E-state index is 11.8. The Bertz CT molecular complexity index is 476. The number of ketones is 1. The van der Waals surface area contributed by atoms with Gasteiger partial charge in [-0.15, -0.1) is 11.6 Å². The molecule has 0 amide bonds. The van der Waals surface area contributed by atoms with E-state index in [1.165, 1.54) is 0 Å². The Hall–Kier alpha value is -0.870. The smallest absolute Gasteiger partial charge is 0.162 e. The van der Waals surface area contributed by atoms with Gasteiger partial charge in [0.2, 0.25) is 0 Å². The van der Waals surface area contributed by atoms with Crippen LogP contribution in [-0.2, 0) is 10.8 Å². The van der Waals surface area contributed by atoms with Crippen molar-refractivity contribution in [1.29, 1.82) is 0 Å². The molecule has 0 spiro atoms. The van der Waals surface area contributed by atoms with Crippen LogP contribution < -0.4 is 4.90 Å². The van der Waals surface area contributed by atoms with Crippen molar-refractivity contribution in [3.8, 4) is 0 Å². The highest BCUT2D eigenvalue weighted by atomic mass is 35.5. The lowest BCUT2D eigenvalue weighted by Crippen LogP contribution is -2.13. The number of anilines is 1. The SMILES string of the molecule is CN1CS(=O)c2cc(C(=O)CCCCl)ccc21. The number of halogens is 1. The number of rotatable bonds is 4. The van der Waals surface area contributed by atoms with Gasteiger partial charge in [0.1, 0.15) is 0 Å². The van der Waals surface area contributed by atoms with Crippen molar-refractivity contribution >= 4 is 33.9 Å². The average Bonchev–Trinajstić information content (AvgIpc) is 2.61. The van der Waals surface area contributed by atoms with Crippen LogP contribution in [-0.4, -0.2) is 28.8 Å². The van der Waals surface area contributed by atoms with Crippen LogP contribution in [0.1, 0.15) is 23.2 Å². The summed E-state index contributed by atoms with van der Waals surface area (Å²) in [5.74, 6) is 1.07. The summed E-state index contributed by atoms with van der Waals surface area (Å²) in [4.78, 5) is 14.5. The summed E-state index contributed by atoms with van der Waals surface area (Å²) in [6.07, 6.45) is 1.13. The molecule has 1 heterocycles. The molecule has 1 aliphatic rings. The molecule has 0 aliphatic carbocycles. The summed E-state index contributed by atoms with van der Waals surface area (Å²) in [6.45, 7) is 0. The zero-order valence-corrected chi connectivity index (χ0v) is 11.2. The standard InChI is InChI=1S/C12H14ClNO2S/c1-14-8-17(16)12-7-9(4-5-10(12)14)11(15)3-2-6-13/h4-5,7H,2-3,6,8H2,1H3. The van der Waals surface area contributed by atoms with E-state index in [1.807, 2.05) is 18.0 Å². The number of carbonyl (C=O) groups excluding carboxylic acids is 1. The molecule has 0 bridgehead atoms. The summed E-state index contributed by atoms with van der Waals surface area (Å²) in [6, 6.07) is 5.42. The second kappa shape index (κ2) is 5.19. The largest absolute Gasteiger partial charge is 0.361 e. The van der Waals surface area contributed by atoms with Gasteiger partial charge in [0.15, 0.2) is 5.78 Å². The van der Waals surface area contributed by atoms with Gasteiger partial charge < -0.3 is 4.90 Å². The number of fused-ring (bicyclic) bond motifs is 1. The number of hydrogen-bond donors (Lipinski definition) is 0. The van der Waals surface area contributed by atoms with Gasteiger partial charge in [0.25, 0.3) is 0 Å². The van der Waals surface area contributed by atoms with Gasteiger partial charge >= 0.3 is 0 Å². The zero-order chi connectivity index (χ0) is 12.4. The molecule has 92 valence electrons. The highest BCUT2D eigenvalue weighted by molar-refractivity contribution is 7.85. The summed E-state index contributed by atoms with van der Waals surface area (Å²) in [7, 11) is 0.889. The third kappa shape index (κ3) is 2.53. The first-order chi connectivity index (χ1) is 8.13. The van der Waals surface area contributed by atoms with E-state index in [0.29, 0.717) is 30.2 Å². The molecule has 0 aromatic heterocycles. The number of hydrogen-bond acceptors (Lipinski definition) is 3. The minimum atomic E-state index is -1.01. The van der Waals surface area contributed by atoms with Gasteiger partial charge in [0, 0.05) is 24.9 Å². The molecule has 1 aromatic rings. The molecule has 3 nitrogen and oxygen atoms in total. The molecule has 0 radical (unpaired) electrons. The van der Waals surface area contributed by atoms with Crippen LogP contribution in [0.15, 0.2) is 23.1 Å². The topological polar surface area (TPSA) is 37.4 Å². The van der Waals surface area contributed by atoms with Crippen molar-refractivity contribution in [3.05, 3.63) is 23.8 Å². The van der Waals surface area contributed by atoms with E-state index in [1.54, 1.807) is 12.1 Å². The van der Waals surface area contributed by atoms with E-state index in [4.69, 9.17) is 11.6 Å². The van der Waals surface area contributed by atoms with Crippen molar-refractivity contribution in [2.75, 3.05) is 23.7 Å². The number of alkyl halides is 1. The Morgan fingerprint density at radius 1 is 1.53 bits per heavy atom. The number of Topliss-reactive ketones (excluding diaryl/α,β-unsaturated/α-hetero) is 1.